The molecule has 0 saturated heterocycles. The van der Waals surface area contributed by atoms with Crippen molar-refractivity contribution in [2.45, 2.75) is 0 Å². The summed E-state index contributed by atoms with van der Waals surface area (Å²) in [7, 11) is 3.38. The van der Waals surface area contributed by atoms with E-state index in [0.717, 1.165) is 5.69 Å². The molecule has 5 heteroatoms. The molecule has 0 atom stereocenters. The molecule has 16 heavy (non-hydrogen) atoms. The Morgan fingerprint density at radius 3 is 2.81 bits per heavy atom. The minimum absolute atomic E-state index is 0.0578. The molecule has 88 valence electrons. The molecule has 0 aliphatic carbocycles. The van der Waals surface area contributed by atoms with Crippen LogP contribution in [0.5, 0.6) is 0 Å². The third kappa shape index (κ3) is 2.87. The second-order valence-electron chi connectivity index (χ2n) is 3.39. The molecule has 1 aromatic rings. The number of rotatable bonds is 4. The Bertz CT molecular complexity index is 382. The fourth-order valence-corrected chi connectivity index (χ4v) is 1.54. The van der Waals surface area contributed by atoms with Crippen molar-refractivity contribution in [3.63, 3.8) is 0 Å². The number of nitrogens with one attached hydrogen (secondary N) is 1. The molecule has 1 amide bonds. The van der Waals surface area contributed by atoms with Crippen LogP contribution in [-0.4, -0.2) is 43.2 Å². The number of hydrogen-bond donors (Lipinski definition) is 2. The summed E-state index contributed by atoms with van der Waals surface area (Å²) < 4.78 is 0. The monoisotopic (exact) mass is 242 g/mol. The number of anilines is 1. The van der Waals surface area contributed by atoms with Gasteiger partial charge in [-0.1, -0.05) is 11.6 Å². The van der Waals surface area contributed by atoms with Gasteiger partial charge in [-0.3, -0.25) is 4.79 Å². The van der Waals surface area contributed by atoms with Crippen LogP contribution in [0.25, 0.3) is 0 Å². The number of carbonyl (C=O) groups is 1. The zero-order chi connectivity index (χ0) is 12.1. The summed E-state index contributed by atoms with van der Waals surface area (Å²) in [4.78, 5) is 13.4. The lowest BCUT2D eigenvalue weighted by Crippen LogP contribution is -2.30. The second-order valence-corrected chi connectivity index (χ2v) is 3.83. The van der Waals surface area contributed by atoms with E-state index in [4.69, 9.17) is 16.7 Å². The van der Waals surface area contributed by atoms with E-state index in [2.05, 4.69) is 5.32 Å². The summed E-state index contributed by atoms with van der Waals surface area (Å²) >= 11 is 5.85. The number of benzene rings is 1. The van der Waals surface area contributed by atoms with Gasteiger partial charge in [0.1, 0.15) is 0 Å². The number of amides is 1. The predicted octanol–water partition coefficient (Wildman–Crippen LogP) is 1.45. The van der Waals surface area contributed by atoms with E-state index < -0.39 is 0 Å². The average Bonchev–Trinajstić information content (AvgIpc) is 2.28. The van der Waals surface area contributed by atoms with E-state index in [-0.39, 0.29) is 12.5 Å². The number of halogens is 1. The Balaban J connectivity index is 3.01. The molecule has 4 nitrogen and oxygen atoms in total. The Morgan fingerprint density at radius 2 is 2.25 bits per heavy atom. The number of nitrogens with zero attached hydrogens (tertiary/aromatic N) is 1. The van der Waals surface area contributed by atoms with E-state index >= 15 is 0 Å². The van der Waals surface area contributed by atoms with Crippen LogP contribution in [0, 0.1) is 0 Å². The van der Waals surface area contributed by atoms with Gasteiger partial charge in [0, 0.05) is 31.4 Å². The molecular weight excluding hydrogens is 228 g/mol. The van der Waals surface area contributed by atoms with Crippen LogP contribution >= 0.6 is 11.6 Å². The first kappa shape index (κ1) is 12.8. The molecule has 0 bridgehead atoms. The number of aliphatic hydroxyl groups excluding tert-OH is 1. The van der Waals surface area contributed by atoms with Crippen molar-refractivity contribution in [3.05, 3.63) is 28.8 Å². The van der Waals surface area contributed by atoms with Crippen molar-refractivity contribution >= 4 is 23.2 Å². The summed E-state index contributed by atoms with van der Waals surface area (Å²) in [5.74, 6) is -0.166. The molecule has 0 spiro atoms. The predicted molar refractivity (Wildman–Crippen MR) is 65.0 cm³/mol. The molecule has 0 heterocycles. The number of likely N-dealkylation sites (N-methyl/N-ethyl adjacent to an activating group) is 1. The smallest absolute Gasteiger partial charge is 0.255 e. The van der Waals surface area contributed by atoms with Crippen molar-refractivity contribution in [2.75, 3.05) is 32.6 Å². The fourth-order valence-electron chi connectivity index (χ4n) is 1.37. The van der Waals surface area contributed by atoms with Gasteiger partial charge in [0.2, 0.25) is 0 Å². The highest BCUT2D eigenvalue weighted by molar-refractivity contribution is 6.31. The van der Waals surface area contributed by atoms with Crippen molar-refractivity contribution in [1.29, 1.82) is 0 Å². The Morgan fingerprint density at radius 1 is 1.56 bits per heavy atom. The molecular formula is C11H15ClN2O2. The van der Waals surface area contributed by atoms with Crippen molar-refractivity contribution < 1.29 is 9.90 Å². The highest BCUT2D eigenvalue weighted by Gasteiger charge is 2.15. The van der Waals surface area contributed by atoms with Gasteiger partial charge in [0.25, 0.3) is 5.91 Å². The molecule has 0 aromatic heterocycles. The number of hydrogen-bond acceptors (Lipinski definition) is 3. The standard InChI is InChI=1S/C11H15ClN2O2/c1-13-10-4-3-8(12)7-9(10)11(16)14(2)5-6-15/h3-4,7,13,15H,5-6H2,1-2H3. The van der Waals surface area contributed by atoms with Crippen molar-refractivity contribution in [3.8, 4) is 0 Å². The molecule has 0 aliphatic heterocycles. The highest BCUT2D eigenvalue weighted by Crippen LogP contribution is 2.21. The van der Waals surface area contributed by atoms with Gasteiger partial charge >= 0.3 is 0 Å². The van der Waals surface area contributed by atoms with E-state index in [9.17, 15) is 4.79 Å². The first-order chi connectivity index (χ1) is 7.60. The van der Waals surface area contributed by atoms with Crippen LogP contribution in [0.3, 0.4) is 0 Å². The maximum Gasteiger partial charge on any atom is 0.255 e. The lowest BCUT2D eigenvalue weighted by atomic mass is 10.1. The van der Waals surface area contributed by atoms with Gasteiger partial charge in [-0.25, -0.2) is 0 Å². The summed E-state index contributed by atoms with van der Waals surface area (Å²) in [6, 6.07) is 5.09. The molecule has 1 aromatic carbocycles. The summed E-state index contributed by atoms with van der Waals surface area (Å²) in [5.41, 5.74) is 1.23. The molecule has 1 rings (SSSR count). The lowest BCUT2D eigenvalue weighted by Gasteiger charge is -2.17. The zero-order valence-corrected chi connectivity index (χ0v) is 10.1. The highest BCUT2D eigenvalue weighted by atomic mass is 35.5. The Kier molecular flexibility index (Phi) is 4.58. The largest absolute Gasteiger partial charge is 0.395 e. The first-order valence-corrected chi connectivity index (χ1v) is 5.31. The van der Waals surface area contributed by atoms with E-state index in [1.807, 2.05) is 0 Å². The van der Waals surface area contributed by atoms with E-state index in [1.165, 1.54) is 4.90 Å². The number of aliphatic hydroxyl groups is 1. The van der Waals surface area contributed by atoms with Gasteiger partial charge in [0.05, 0.1) is 12.2 Å². The van der Waals surface area contributed by atoms with Crippen molar-refractivity contribution in [1.82, 2.24) is 4.90 Å². The van der Waals surface area contributed by atoms with E-state index in [1.54, 1.807) is 32.3 Å². The summed E-state index contributed by atoms with van der Waals surface area (Å²) in [6.07, 6.45) is 0. The molecule has 0 saturated carbocycles. The average molecular weight is 243 g/mol. The Hall–Kier alpha value is -1.26. The second kappa shape index (κ2) is 5.72. The van der Waals surface area contributed by atoms with Gasteiger partial charge < -0.3 is 15.3 Å². The summed E-state index contributed by atoms with van der Waals surface area (Å²) in [5, 5.41) is 12.2. The van der Waals surface area contributed by atoms with Crippen LogP contribution in [0.4, 0.5) is 5.69 Å². The maximum atomic E-state index is 12.0. The van der Waals surface area contributed by atoms with Crippen LogP contribution in [0.2, 0.25) is 5.02 Å². The first-order valence-electron chi connectivity index (χ1n) is 4.93. The van der Waals surface area contributed by atoms with Gasteiger partial charge in [-0.05, 0) is 18.2 Å². The third-order valence-electron chi connectivity index (χ3n) is 2.26. The summed E-state index contributed by atoms with van der Waals surface area (Å²) in [6.45, 7) is 0.242. The fraction of sp³-hybridized carbons (Fsp3) is 0.364. The molecule has 0 radical (unpaired) electrons. The normalized spacial score (nSPS) is 10.0. The SMILES string of the molecule is CNc1ccc(Cl)cc1C(=O)N(C)CCO. The zero-order valence-electron chi connectivity index (χ0n) is 9.33. The molecule has 2 N–H and O–H groups in total. The minimum atomic E-state index is -0.166. The van der Waals surface area contributed by atoms with E-state index in [0.29, 0.717) is 17.1 Å². The van der Waals surface area contributed by atoms with Crippen LogP contribution in [-0.2, 0) is 0 Å². The van der Waals surface area contributed by atoms with Gasteiger partial charge in [0.15, 0.2) is 0 Å². The van der Waals surface area contributed by atoms with Crippen LogP contribution < -0.4 is 5.32 Å². The third-order valence-corrected chi connectivity index (χ3v) is 2.50. The molecule has 0 unspecified atom stereocenters. The van der Waals surface area contributed by atoms with Crippen LogP contribution in [0.1, 0.15) is 10.4 Å². The molecule has 0 fully saturated rings. The van der Waals surface area contributed by atoms with Gasteiger partial charge in [-0.2, -0.15) is 0 Å². The maximum absolute atomic E-state index is 12.0. The van der Waals surface area contributed by atoms with Crippen LogP contribution in [0.15, 0.2) is 18.2 Å². The Labute approximate surface area is 99.8 Å². The topological polar surface area (TPSA) is 52.6 Å². The quantitative estimate of drug-likeness (QED) is 0.840. The van der Waals surface area contributed by atoms with Gasteiger partial charge in [-0.15, -0.1) is 0 Å². The lowest BCUT2D eigenvalue weighted by molar-refractivity contribution is 0.0768. The molecule has 0 aliphatic rings. The minimum Gasteiger partial charge on any atom is -0.395 e. The number of carbonyl (C=O) groups excluding carboxylic acids is 1. The van der Waals surface area contributed by atoms with Crippen molar-refractivity contribution in [2.24, 2.45) is 0 Å².